The fourth-order valence-electron chi connectivity index (χ4n) is 2.20. The van der Waals surface area contributed by atoms with Gasteiger partial charge in [0, 0.05) is 17.7 Å². The average Bonchev–Trinajstić information content (AvgIpc) is 2.95. The summed E-state index contributed by atoms with van der Waals surface area (Å²) < 4.78 is 5.19. The standard InChI is InChI=1S/C16H24N4O/c1-20(2)10-4-9-17-11-14-12-18-19-16(14)13-5-7-15(21-3)8-6-13/h5-8,12,17H,4,9-11H2,1-3H3,(H,18,19). The van der Waals surface area contributed by atoms with Crippen molar-refractivity contribution in [2.45, 2.75) is 13.0 Å². The van der Waals surface area contributed by atoms with Gasteiger partial charge in [-0.2, -0.15) is 5.10 Å². The highest BCUT2D eigenvalue weighted by atomic mass is 16.5. The number of hydrogen-bond acceptors (Lipinski definition) is 4. The third kappa shape index (κ3) is 4.58. The third-order valence-electron chi connectivity index (χ3n) is 3.37. The molecule has 0 saturated carbocycles. The van der Waals surface area contributed by atoms with Crippen molar-refractivity contribution >= 4 is 0 Å². The molecule has 0 aliphatic heterocycles. The van der Waals surface area contributed by atoms with Crippen LogP contribution in [0.15, 0.2) is 30.5 Å². The molecule has 0 atom stereocenters. The van der Waals surface area contributed by atoms with E-state index in [0.717, 1.165) is 43.1 Å². The van der Waals surface area contributed by atoms with E-state index < -0.39 is 0 Å². The summed E-state index contributed by atoms with van der Waals surface area (Å²) in [5, 5.41) is 10.7. The second-order valence-electron chi connectivity index (χ2n) is 5.33. The predicted molar refractivity (Wildman–Crippen MR) is 85.5 cm³/mol. The molecule has 0 spiro atoms. The van der Waals surface area contributed by atoms with Gasteiger partial charge in [-0.15, -0.1) is 0 Å². The number of H-pyrrole nitrogens is 1. The lowest BCUT2D eigenvalue weighted by Crippen LogP contribution is -2.21. The Kier molecular flexibility index (Phi) is 5.78. The maximum Gasteiger partial charge on any atom is 0.118 e. The van der Waals surface area contributed by atoms with Crippen molar-refractivity contribution in [3.8, 4) is 17.0 Å². The van der Waals surface area contributed by atoms with Gasteiger partial charge in [0.05, 0.1) is 19.0 Å². The van der Waals surface area contributed by atoms with Crippen molar-refractivity contribution in [1.82, 2.24) is 20.4 Å². The monoisotopic (exact) mass is 288 g/mol. The van der Waals surface area contributed by atoms with Crippen molar-refractivity contribution in [1.29, 1.82) is 0 Å². The van der Waals surface area contributed by atoms with Gasteiger partial charge in [0.2, 0.25) is 0 Å². The molecule has 0 amide bonds. The Balaban J connectivity index is 1.91. The molecule has 2 N–H and O–H groups in total. The van der Waals surface area contributed by atoms with E-state index in [9.17, 15) is 0 Å². The minimum Gasteiger partial charge on any atom is -0.497 e. The van der Waals surface area contributed by atoms with E-state index in [2.05, 4.69) is 34.5 Å². The zero-order valence-electron chi connectivity index (χ0n) is 13.0. The Hall–Kier alpha value is -1.85. The molecule has 0 aliphatic rings. The number of ether oxygens (including phenoxy) is 1. The summed E-state index contributed by atoms with van der Waals surface area (Å²) in [6.45, 7) is 2.93. The number of methoxy groups -OCH3 is 1. The van der Waals surface area contributed by atoms with Gasteiger partial charge in [-0.1, -0.05) is 0 Å². The van der Waals surface area contributed by atoms with Crippen LogP contribution in [0.2, 0.25) is 0 Å². The number of benzene rings is 1. The third-order valence-corrected chi connectivity index (χ3v) is 3.37. The molecule has 21 heavy (non-hydrogen) atoms. The van der Waals surface area contributed by atoms with Crippen LogP contribution >= 0.6 is 0 Å². The number of aromatic amines is 1. The van der Waals surface area contributed by atoms with Crippen molar-refractivity contribution in [2.75, 3.05) is 34.3 Å². The van der Waals surface area contributed by atoms with Crippen LogP contribution in [0.25, 0.3) is 11.3 Å². The van der Waals surface area contributed by atoms with Gasteiger partial charge < -0.3 is 15.0 Å². The van der Waals surface area contributed by atoms with Crippen molar-refractivity contribution in [3.05, 3.63) is 36.0 Å². The highest BCUT2D eigenvalue weighted by Crippen LogP contribution is 2.23. The van der Waals surface area contributed by atoms with Gasteiger partial charge in [0.25, 0.3) is 0 Å². The molecule has 0 aliphatic carbocycles. The van der Waals surface area contributed by atoms with Crippen LogP contribution < -0.4 is 10.1 Å². The molecule has 5 heteroatoms. The highest BCUT2D eigenvalue weighted by Gasteiger charge is 2.07. The maximum absolute atomic E-state index is 5.19. The number of rotatable bonds is 8. The van der Waals surface area contributed by atoms with Gasteiger partial charge in [0.15, 0.2) is 0 Å². The summed E-state index contributed by atoms with van der Waals surface area (Å²) in [7, 11) is 5.87. The lowest BCUT2D eigenvalue weighted by molar-refractivity contribution is 0.394. The van der Waals surface area contributed by atoms with Crippen LogP contribution in [0.1, 0.15) is 12.0 Å². The van der Waals surface area contributed by atoms with Gasteiger partial charge >= 0.3 is 0 Å². The minimum absolute atomic E-state index is 0.825. The largest absolute Gasteiger partial charge is 0.497 e. The number of aromatic nitrogens is 2. The van der Waals surface area contributed by atoms with Gasteiger partial charge in [-0.25, -0.2) is 0 Å². The lowest BCUT2D eigenvalue weighted by atomic mass is 10.1. The van der Waals surface area contributed by atoms with E-state index in [4.69, 9.17) is 4.74 Å². The molecule has 5 nitrogen and oxygen atoms in total. The van der Waals surface area contributed by atoms with Crippen LogP contribution in [-0.2, 0) is 6.54 Å². The SMILES string of the molecule is COc1ccc(-c2[nH]ncc2CNCCCN(C)C)cc1. The predicted octanol–water partition coefficient (Wildman–Crippen LogP) is 2.13. The fraction of sp³-hybridized carbons (Fsp3) is 0.438. The van der Waals surface area contributed by atoms with E-state index in [1.54, 1.807) is 7.11 Å². The number of nitrogens with one attached hydrogen (secondary N) is 2. The van der Waals surface area contributed by atoms with Crippen LogP contribution in [0.3, 0.4) is 0 Å². The molecule has 1 aromatic carbocycles. The maximum atomic E-state index is 5.19. The Morgan fingerprint density at radius 1 is 1.24 bits per heavy atom. The summed E-state index contributed by atoms with van der Waals surface area (Å²) in [5.74, 6) is 0.863. The molecule has 2 rings (SSSR count). The number of hydrogen-bond donors (Lipinski definition) is 2. The Morgan fingerprint density at radius 2 is 2.00 bits per heavy atom. The van der Waals surface area contributed by atoms with E-state index in [1.807, 2.05) is 30.5 Å². The molecular weight excluding hydrogens is 264 g/mol. The van der Waals surface area contributed by atoms with E-state index in [1.165, 1.54) is 5.56 Å². The number of nitrogens with zero attached hydrogens (tertiary/aromatic N) is 2. The summed E-state index contributed by atoms with van der Waals surface area (Å²) in [6, 6.07) is 8.01. The van der Waals surface area contributed by atoms with Crippen molar-refractivity contribution in [3.63, 3.8) is 0 Å². The van der Waals surface area contributed by atoms with Crippen LogP contribution in [0.5, 0.6) is 5.75 Å². The second-order valence-corrected chi connectivity index (χ2v) is 5.33. The fourth-order valence-corrected chi connectivity index (χ4v) is 2.20. The topological polar surface area (TPSA) is 53.2 Å². The molecule has 0 fully saturated rings. The first-order valence-electron chi connectivity index (χ1n) is 7.23. The molecule has 2 aromatic rings. The Labute approximate surface area is 126 Å². The summed E-state index contributed by atoms with van der Waals surface area (Å²) in [6.07, 6.45) is 3.03. The van der Waals surface area contributed by atoms with E-state index >= 15 is 0 Å². The van der Waals surface area contributed by atoms with E-state index in [-0.39, 0.29) is 0 Å². The van der Waals surface area contributed by atoms with Crippen molar-refractivity contribution < 1.29 is 4.74 Å². The first kappa shape index (κ1) is 15.5. The minimum atomic E-state index is 0.825. The molecule has 0 radical (unpaired) electrons. The zero-order valence-corrected chi connectivity index (χ0v) is 13.0. The van der Waals surface area contributed by atoms with Crippen LogP contribution in [0, 0.1) is 0 Å². The van der Waals surface area contributed by atoms with Crippen LogP contribution in [-0.4, -0.2) is 49.4 Å². The summed E-state index contributed by atoms with van der Waals surface area (Å²) in [5.41, 5.74) is 3.38. The second kappa shape index (κ2) is 7.81. The van der Waals surface area contributed by atoms with Crippen LogP contribution in [0.4, 0.5) is 0 Å². The molecule has 0 bridgehead atoms. The molecule has 0 saturated heterocycles. The van der Waals surface area contributed by atoms with E-state index in [0.29, 0.717) is 0 Å². The first-order chi connectivity index (χ1) is 10.2. The molecule has 1 heterocycles. The summed E-state index contributed by atoms with van der Waals surface area (Å²) in [4.78, 5) is 2.20. The molecular formula is C16H24N4O. The first-order valence-corrected chi connectivity index (χ1v) is 7.23. The smallest absolute Gasteiger partial charge is 0.118 e. The van der Waals surface area contributed by atoms with Crippen molar-refractivity contribution in [2.24, 2.45) is 0 Å². The lowest BCUT2D eigenvalue weighted by Gasteiger charge is -2.10. The Bertz CT molecular complexity index is 533. The van der Waals surface area contributed by atoms with Gasteiger partial charge in [-0.3, -0.25) is 5.10 Å². The normalized spacial score (nSPS) is 11.0. The average molecular weight is 288 g/mol. The zero-order chi connectivity index (χ0) is 15.1. The molecule has 1 aromatic heterocycles. The highest BCUT2D eigenvalue weighted by molar-refractivity contribution is 5.63. The van der Waals surface area contributed by atoms with Gasteiger partial charge in [-0.05, 0) is 57.9 Å². The Morgan fingerprint density at radius 3 is 2.67 bits per heavy atom. The molecule has 114 valence electrons. The van der Waals surface area contributed by atoms with Gasteiger partial charge in [0.1, 0.15) is 5.75 Å². The quantitative estimate of drug-likeness (QED) is 0.731. The molecule has 0 unspecified atom stereocenters. The summed E-state index contributed by atoms with van der Waals surface area (Å²) >= 11 is 0.